The molecule has 0 aliphatic heterocycles. The number of allylic oxidation sites excluding steroid dienone is 2. The molecule has 0 aliphatic carbocycles. The first-order chi connectivity index (χ1) is 8.67. The van der Waals surface area contributed by atoms with Crippen LogP contribution in [-0.4, -0.2) is 17.7 Å². The van der Waals surface area contributed by atoms with Crippen molar-refractivity contribution in [2.75, 3.05) is 6.61 Å². The normalized spacial score (nSPS) is 11.2. The Bertz CT molecular complexity index is 507. The lowest BCUT2D eigenvalue weighted by atomic mass is 10.2. The molecule has 0 saturated carbocycles. The lowest BCUT2D eigenvalue weighted by Crippen LogP contribution is -1.96. The highest BCUT2D eigenvalue weighted by Gasteiger charge is 2.02. The van der Waals surface area contributed by atoms with Crippen molar-refractivity contribution in [1.82, 2.24) is 0 Å². The number of nitriles is 1. The minimum atomic E-state index is -1.23. The maximum absolute atomic E-state index is 10.5. The molecule has 1 rings (SSSR count). The standard InChI is InChI=1S/C14H13NO3/c1-2-18-13-8-6-11(7-9-13)4-3-5-12(10-15)14(16)17/h3-9H,2H2,1H3,(H,16,17). The number of hydrogen-bond donors (Lipinski definition) is 1. The Balaban J connectivity index is 2.73. The van der Waals surface area contributed by atoms with Crippen LogP contribution < -0.4 is 4.74 Å². The second-order valence-corrected chi connectivity index (χ2v) is 3.36. The number of rotatable bonds is 5. The van der Waals surface area contributed by atoms with Crippen LogP contribution in [0.3, 0.4) is 0 Å². The van der Waals surface area contributed by atoms with E-state index in [-0.39, 0.29) is 5.57 Å². The van der Waals surface area contributed by atoms with Gasteiger partial charge in [-0.05, 0) is 30.7 Å². The monoisotopic (exact) mass is 243 g/mol. The summed E-state index contributed by atoms with van der Waals surface area (Å²) in [6, 6.07) is 8.96. The summed E-state index contributed by atoms with van der Waals surface area (Å²) >= 11 is 0. The fourth-order valence-electron chi connectivity index (χ4n) is 1.25. The summed E-state index contributed by atoms with van der Waals surface area (Å²) in [5.41, 5.74) is 0.606. The molecule has 0 amide bonds. The van der Waals surface area contributed by atoms with E-state index in [2.05, 4.69) is 0 Å². The number of nitrogens with zero attached hydrogens (tertiary/aromatic N) is 1. The third-order valence-corrected chi connectivity index (χ3v) is 2.09. The minimum absolute atomic E-state index is 0.294. The van der Waals surface area contributed by atoms with Crippen LogP contribution in [0.1, 0.15) is 12.5 Å². The number of carboxylic acids is 1. The highest BCUT2D eigenvalue weighted by atomic mass is 16.5. The number of ether oxygens (including phenoxy) is 1. The molecule has 0 saturated heterocycles. The molecular formula is C14H13NO3. The van der Waals surface area contributed by atoms with Crippen molar-refractivity contribution < 1.29 is 14.6 Å². The van der Waals surface area contributed by atoms with Gasteiger partial charge in [0.25, 0.3) is 0 Å². The van der Waals surface area contributed by atoms with E-state index >= 15 is 0 Å². The molecule has 0 radical (unpaired) electrons. The summed E-state index contributed by atoms with van der Waals surface area (Å²) in [5, 5.41) is 17.2. The molecule has 0 atom stereocenters. The van der Waals surface area contributed by atoms with Crippen molar-refractivity contribution in [2.45, 2.75) is 6.92 Å². The Morgan fingerprint density at radius 1 is 1.44 bits per heavy atom. The fraction of sp³-hybridized carbons (Fsp3) is 0.143. The highest BCUT2D eigenvalue weighted by Crippen LogP contribution is 2.13. The largest absolute Gasteiger partial charge is 0.494 e. The van der Waals surface area contributed by atoms with Crippen molar-refractivity contribution in [2.24, 2.45) is 0 Å². The first-order valence-corrected chi connectivity index (χ1v) is 5.42. The van der Waals surface area contributed by atoms with Crippen molar-refractivity contribution in [3.8, 4) is 11.8 Å². The van der Waals surface area contributed by atoms with E-state index in [4.69, 9.17) is 15.1 Å². The van der Waals surface area contributed by atoms with Crippen molar-refractivity contribution in [3.63, 3.8) is 0 Å². The van der Waals surface area contributed by atoms with Gasteiger partial charge >= 0.3 is 5.97 Å². The molecule has 0 aromatic heterocycles. The van der Waals surface area contributed by atoms with Gasteiger partial charge < -0.3 is 9.84 Å². The lowest BCUT2D eigenvalue weighted by molar-refractivity contribution is -0.132. The molecule has 0 heterocycles. The molecule has 4 nitrogen and oxygen atoms in total. The second-order valence-electron chi connectivity index (χ2n) is 3.36. The Labute approximate surface area is 105 Å². The summed E-state index contributed by atoms with van der Waals surface area (Å²) in [6.07, 6.45) is 4.51. The molecule has 1 aromatic carbocycles. The van der Waals surface area contributed by atoms with Gasteiger partial charge in [-0.2, -0.15) is 5.26 Å². The van der Waals surface area contributed by atoms with Crippen molar-refractivity contribution >= 4 is 12.0 Å². The predicted molar refractivity (Wildman–Crippen MR) is 68.0 cm³/mol. The average molecular weight is 243 g/mol. The first kappa shape index (κ1) is 13.5. The number of carboxylic acid groups (broad SMARTS) is 1. The van der Waals surface area contributed by atoms with Gasteiger partial charge in [0.2, 0.25) is 0 Å². The molecule has 0 fully saturated rings. The summed E-state index contributed by atoms with van der Waals surface area (Å²) < 4.78 is 5.30. The summed E-state index contributed by atoms with van der Waals surface area (Å²) in [6.45, 7) is 2.52. The summed E-state index contributed by atoms with van der Waals surface area (Å²) in [4.78, 5) is 10.5. The van der Waals surface area contributed by atoms with Crippen LogP contribution in [0.5, 0.6) is 5.75 Å². The van der Waals surface area contributed by atoms with Gasteiger partial charge in [-0.3, -0.25) is 0 Å². The Morgan fingerprint density at radius 2 is 2.11 bits per heavy atom. The Hall–Kier alpha value is -2.54. The molecule has 92 valence electrons. The second kappa shape index (κ2) is 6.92. The van der Waals surface area contributed by atoms with Gasteiger partial charge in [-0.1, -0.05) is 24.3 Å². The minimum Gasteiger partial charge on any atom is -0.494 e. The smallest absolute Gasteiger partial charge is 0.346 e. The number of hydrogen-bond acceptors (Lipinski definition) is 3. The van der Waals surface area contributed by atoms with E-state index in [0.717, 1.165) is 11.3 Å². The van der Waals surface area contributed by atoms with E-state index in [1.165, 1.54) is 12.2 Å². The van der Waals surface area contributed by atoms with E-state index in [0.29, 0.717) is 6.61 Å². The molecule has 1 aromatic rings. The molecular weight excluding hydrogens is 230 g/mol. The first-order valence-electron chi connectivity index (χ1n) is 5.42. The zero-order valence-corrected chi connectivity index (χ0v) is 9.96. The molecule has 0 bridgehead atoms. The van der Waals surface area contributed by atoms with Gasteiger partial charge in [-0.15, -0.1) is 0 Å². The van der Waals surface area contributed by atoms with Crippen LogP contribution in [-0.2, 0) is 4.79 Å². The zero-order chi connectivity index (χ0) is 13.4. The van der Waals surface area contributed by atoms with Gasteiger partial charge in [0.05, 0.1) is 6.61 Å². The number of carbonyl (C=O) groups is 1. The molecule has 18 heavy (non-hydrogen) atoms. The van der Waals surface area contributed by atoms with Crippen LogP contribution in [0.2, 0.25) is 0 Å². The van der Waals surface area contributed by atoms with Gasteiger partial charge in [-0.25, -0.2) is 4.79 Å². The van der Waals surface area contributed by atoms with E-state index in [1.807, 2.05) is 31.2 Å². The van der Waals surface area contributed by atoms with Gasteiger partial charge in [0, 0.05) is 0 Å². The number of benzene rings is 1. The SMILES string of the molecule is CCOc1ccc(C=CC=C(C#N)C(=O)O)cc1. The topological polar surface area (TPSA) is 70.3 Å². The van der Waals surface area contributed by atoms with E-state index in [1.54, 1.807) is 12.1 Å². The van der Waals surface area contributed by atoms with Gasteiger partial charge in [0.15, 0.2) is 0 Å². The molecule has 0 aliphatic rings. The number of aliphatic carboxylic acids is 1. The summed E-state index contributed by atoms with van der Waals surface area (Å²) in [7, 11) is 0. The fourth-order valence-corrected chi connectivity index (χ4v) is 1.25. The average Bonchev–Trinajstić information content (AvgIpc) is 2.36. The van der Waals surface area contributed by atoms with Crippen LogP contribution >= 0.6 is 0 Å². The van der Waals surface area contributed by atoms with E-state index < -0.39 is 5.97 Å². The highest BCUT2D eigenvalue weighted by molar-refractivity contribution is 5.91. The van der Waals surface area contributed by atoms with Crippen LogP contribution in [0.4, 0.5) is 0 Å². The Morgan fingerprint density at radius 3 is 2.61 bits per heavy atom. The van der Waals surface area contributed by atoms with Crippen LogP contribution in [0, 0.1) is 11.3 Å². The molecule has 1 N–H and O–H groups in total. The third kappa shape index (κ3) is 4.14. The van der Waals surface area contributed by atoms with E-state index in [9.17, 15) is 4.79 Å². The van der Waals surface area contributed by atoms with Crippen molar-refractivity contribution in [3.05, 3.63) is 47.6 Å². The predicted octanol–water partition coefficient (Wildman–Crippen LogP) is 2.63. The maximum atomic E-state index is 10.5. The third-order valence-electron chi connectivity index (χ3n) is 2.09. The zero-order valence-electron chi connectivity index (χ0n) is 9.96. The molecule has 4 heteroatoms. The van der Waals surface area contributed by atoms with Crippen LogP contribution in [0.15, 0.2) is 42.0 Å². The lowest BCUT2D eigenvalue weighted by Gasteiger charge is -2.01. The van der Waals surface area contributed by atoms with Crippen molar-refractivity contribution in [1.29, 1.82) is 5.26 Å². The molecule has 0 unspecified atom stereocenters. The summed E-state index contributed by atoms with van der Waals surface area (Å²) in [5.74, 6) is -0.442. The molecule has 0 spiro atoms. The van der Waals surface area contributed by atoms with Crippen LogP contribution in [0.25, 0.3) is 6.08 Å². The quantitative estimate of drug-likeness (QED) is 0.490. The van der Waals surface area contributed by atoms with Gasteiger partial charge in [0.1, 0.15) is 17.4 Å². The Kier molecular flexibility index (Phi) is 5.20. The maximum Gasteiger partial charge on any atom is 0.346 e.